The first-order valence-corrected chi connectivity index (χ1v) is 6.18. The van der Waals surface area contributed by atoms with E-state index < -0.39 is 5.82 Å². The molecule has 0 atom stereocenters. The van der Waals surface area contributed by atoms with Gasteiger partial charge < -0.3 is 0 Å². The molecule has 0 N–H and O–H groups in total. The van der Waals surface area contributed by atoms with Crippen molar-refractivity contribution in [2.75, 3.05) is 0 Å². The summed E-state index contributed by atoms with van der Waals surface area (Å²) >= 11 is 7.56. The topological polar surface area (TPSA) is 34.9 Å². The van der Waals surface area contributed by atoms with Crippen molar-refractivity contribution in [2.45, 2.75) is 6.54 Å². The number of hydrogen-bond donors (Lipinski definition) is 0. The van der Waals surface area contributed by atoms with Crippen LogP contribution in [0.15, 0.2) is 35.5 Å². The maximum atomic E-state index is 13.6. The lowest BCUT2D eigenvalue weighted by molar-refractivity contribution is 0.594. The van der Waals surface area contributed by atoms with Crippen molar-refractivity contribution in [3.63, 3.8) is 0 Å². The lowest BCUT2D eigenvalue weighted by Gasteiger charge is -2.07. The molecule has 2 aromatic rings. The third-order valence-corrected chi connectivity index (χ3v) is 3.26. The van der Waals surface area contributed by atoms with Crippen LogP contribution in [0.2, 0.25) is 5.02 Å². The van der Waals surface area contributed by atoms with Gasteiger partial charge in [0.1, 0.15) is 5.82 Å². The molecule has 0 saturated carbocycles. The molecule has 0 aliphatic heterocycles. The molecule has 0 amide bonds. The minimum atomic E-state index is -0.500. The Morgan fingerprint density at radius 2 is 2.24 bits per heavy atom. The third-order valence-electron chi connectivity index (χ3n) is 2.23. The molecule has 0 aliphatic carbocycles. The van der Waals surface area contributed by atoms with E-state index in [0.717, 1.165) is 0 Å². The van der Waals surface area contributed by atoms with Crippen LogP contribution in [0.5, 0.6) is 0 Å². The second-order valence-corrected chi connectivity index (χ2v) is 4.96. The zero-order valence-corrected chi connectivity index (χ0v) is 11.4. The summed E-state index contributed by atoms with van der Waals surface area (Å²) in [4.78, 5) is 15.6. The first-order valence-electron chi connectivity index (χ1n) is 4.72. The number of nitrogens with zero attached hydrogens (tertiary/aromatic N) is 2. The maximum Gasteiger partial charge on any atom is 0.267 e. The summed E-state index contributed by atoms with van der Waals surface area (Å²) < 4.78 is 15.5. The monoisotopic (exact) mass is 364 g/mol. The highest BCUT2D eigenvalue weighted by Gasteiger charge is 2.08. The maximum absolute atomic E-state index is 13.6. The van der Waals surface area contributed by atoms with Crippen molar-refractivity contribution < 1.29 is 4.39 Å². The summed E-state index contributed by atoms with van der Waals surface area (Å²) in [5, 5.41) is 0.0501. The average Bonchev–Trinajstić information content (AvgIpc) is 2.31. The zero-order valence-electron chi connectivity index (χ0n) is 8.53. The smallest absolute Gasteiger partial charge is 0.267 e. The van der Waals surface area contributed by atoms with E-state index in [2.05, 4.69) is 4.98 Å². The molecule has 2 rings (SSSR count). The Labute approximate surface area is 115 Å². The van der Waals surface area contributed by atoms with Gasteiger partial charge in [-0.1, -0.05) is 23.7 Å². The summed E-state index contributed by atoms with van der Waals surface area (Å²) in [6.45, 7) is 0.120. The van der Waals surface area contributed by atoms with E-state index in [9.17, 15) is 9.18 Å². The van der Waals surface area contributed by atoms with Crippen LogP contribution in [-0.2, 0) is 6.54 Å². The predicted molar refractivity (Wildman–Crippen MR) is 71.7 cm³/mol. The molecule has 17 heavy (non-hydrogen) atoms. The molecule has 88 valence electrons. The molecule has 1 aromatic heterocycles. The Kier molecular flexibility index (Phi) is 3.78. The van der Waals surface area contributed by atoms with Gasteiger partial charge in [-0.3, -0.25) is 9.36 Å². The normalized spacial score (nSPS) is 10.5. The minimum Gasteiger partial charge on any atom is -0.294 e. The molecule has 0 saturated heterocycles. The molecule has 0 aliphatic rings. The van der Waals surface area contributed by atoms with E-state index in [-0.39, 0.29) is 17.1 Å². The largest absolute Gasteiger partial charge is 0.294 e. The van der Waals surface area contributed by atoms with Crippen LogP contribution in [-0.4, -0.2) is 9.55 Å². The van der Waals surface area contributed by atoms with Gasteiger partial charge in [-0.15, -0.1) is 0 Å². The Bertz CT molecular complexity index is 615. The van der Waals surface area contributed by atoms with E-state index in [1.165, 1.54) is 23.2 Å². The van der Waals surface area contributed by atoms with Crippen LogP contribution in [0.1, 0.15) is 5.56 Å². The van der Waals surface area contributed by atoms with Gasteiger partial charge >= 0.3 is 0 Å². The number of benzene rings is 1. The summed E-state index contributed by atoms with van der Waals surface area (Å²) in [6, 6.07) is 4.71. The zero-order chi connectivity index (χ0) is 12.4. The molecular weight excluding hydrogens is 357 g/mol. The van der Waals surface area contributed by atoms with Gasteiger partial charge in [-0.25, -0.2) is 9.37 Å². The van der Waals surface area contributed by atoms with Crippen molar-refractivity contribution in [1.29, 1.82) is 0 Å². The highest BCUT2D eigenvalue weighted by Crippen LogP contribution is 2.18. The second-order valence-electron chi connectivity index (χ2n) is 3.39. The SMILES string of the molecule is O=c1c(I)cncn1Cc1cccc(Cl)c1F. The Hall–Kier alpha value is -0.950. The molecule has 0 bridgehead atoms. The highest BCUT2D eigenvalue weighted by atomic mass is 127. The quantitative estimate of drug-likeness (QED) is 0.768. The van der Waals surface area contributed by atoms with Gasteiger partial charge in [0.15, 0.2) is 0 Å². The van der Waals surface area contributed by atoms with E-state index in [1.807, 2.05) is 22.6 Å². The Balaban J connectivity index is 2.42. The van der Waals surface area contributed by atoms with Gasteiger partial charge in [0, 0.05) is 11.8 Å². The molecular formula is C11H7ClFIN2O. The summed E-state index contributed by atoms with van der Waals surface area (Å²) in [5.74, 6) is -0.500. The van der Waals surface area contributed by atoms with Crippen LogP contribution in [0.4, 0.5) is 4.39 Å². The molecule has 0 spiro atoms. The van der Waals surface area contributed by atoms with E-state index in [1.54, 1.807) is 12.1 Å². The minimum absolute atomic E-state index is 0.0501. The highest BCUT2D eigenvalue weighted by molar-refractivity contribution is 14.1. The van der Waals surface area contributed by atoms with Crippen LogP contribution in [0.3, 0.4) is 0 Å². The van der Waals surface area contributed by atoms with Crippen molar-refractivity contribution in [2.24, 2.45) is 0 Å². The molecule has 0 unspecified atom stereocenters. The Morgan fingerprint density at radius 1 is 1.47 bits per heavy atom. The van der Waals surface area contributed by atoms with Crippen LogP contribution in [0.25, 0.3) is 0 Å². The fraction of sp³-hybridized carbons (Fsp3) is 0.0909. The van der Waals surface area contributed by atoms with Crippen molar-refractivity contribution in [1.82, 2.24) is 9.55 Å². The van der Waals surface area contributed by atoms with Crippen LogP contribution >= 0.6 is 34.2 Å². The molecule has 0 fully saturated rings. The molecule has 0 radical (unpaired) electrons. The molecule has 1 heterocycles. The number of rotatable bonds is 2. The number of hydrogen-bond acceptors (Lipinski definition) is 2. The third kappa shape index (κ3) is 2.66. The molecule has 6 heteroatoms. The number of halogens is 3. The summed E-state index contributed by atoms with van der Waals surface area (Å²) in [7, 11) is 0. The Morgan fingerprint density at radius 3 is 3.00 bits per heavy atom. The van der Waals surface area contributed by atoms with Gasteiger partial charge in [0.25, 0.3) is 5.56 Å². The number of aromatic nitrogens is 2. The van der Waals surface area contributed by atoms with Gasteiger partial charge in [0.2, 0.25) is 0 Å². The van der Waals surface area contributed by atoms with E-state index >= 15 is 0 Å². The first kappa shape index (κ1) is 12.5. The lowest BCUT2D eigenvalue weighted by Crippen LogP contribution is -2.23. The standard InChI is InChI=1S/C11H7ClFIN2O/c12-8-3-1-2-7(10(8)13)5-16-6-15-4-9(14)11(16)17/h1-4,6H,5H2. The molecule has 3 nitrogen and oxygen atoms in total. The second kappa shape index (κ2) is 5.14. The fourth-order valence-corrected chi connectivity index (χ4v) is 2.06. The van der Waals surface area contributed by atoms with Crippen molar-refractivity contribution >= 4 is 34.2 Å². The first-order chi connectivity index (χ1) is 8.09. The van der Waals surface area contributed by atoms with Gasteiger partial charge in [-0.05, 0) is 28.7 Å². The van der Waals surface area contributed by atoms with E-state index in [4.69, 9.17) is 11.6 Å². The predicted octanol–water partition coefficient (Wildman–Crippen LogP) is 2.69. The lowest BCUT2D eigenvalue weighted by atomic mass is 10.2. The van der Waals surface area contributed by atoms with Crippen LogP contribution < -0.4 is 5.56 Å². The summed E-state index contributed by atoms with van der Waals surface area (Å²) in [6.07, 6.45) is 2.85. The fourth-order valence-electron chi connectivity index (χ4n) is 1.39. The van der Waals surface area contributed by atoms with Gasteiger partial charge in [-0.2, -0.15) is 0 Å². The van der Waals surface area contributed by atoms with Gasteiger partial charge in [0.05, 0.1) is 21.5 Å². The van der Waals surface area contributed by atoms with Crippen LogP contribution in [0, 0.1) is 9.39 Å². The van der Waals surface area contributed by atoms with E-state index in [0.29, 0.717) is 9.13 Å². The van der Waals surface area contributed by atoms with Crippen molar-refractivity contribution in [3.05, 3.63) is 61.1 Å². The summed E-state index contributed by atoms with van der Waals surface area (Å²) in [5.41, 5.74) is 0.170. The molecule has 1 aromatic carbocycles. The average molecular weight is 365 g/mol. The van der Waals surface area contributed by atoms with Crippen molar-refractivity contribution in [3.8, 4) is 0 Å².